The predicted molar refractivity (Wildman–Crippen MR) is 169 cm³/mol. The van der Waals surface area contributed by atoms with Crippen LogP contribution in [0.4, 0.5) is 0 Å². The molecule has 39 heavy (non-hydrogen) atoms. The number of aromatic nitrogens is 1. The maximum Gasteiger partial charge on any atom is 0.0547 e. The highest BCUT2D eigenvalue weighted by Gasteiger charge is 2.19. The Bertz CT molecular complexity index is 2170. The molecule has 0 aliphatic carbocycles. The van der Waals surface area contributed by atoms with Gasteiger partial charge in [-0.05, 0) is 78.7 Å². The molecule has 0 aliphatic rings. The van der Waals surface area contributed by atoms with Gasteiger partial charge in [0.2, 0.25) is 0 Å². The Kier molecular flexibility index (Phi) is 4.56. The molecule has 0 amide bonds. The number of para-hydroxylation sites is 2. The summed E-state index contributed by atoms with van der Waals surface area (Å²) in [4.78, 5) is 0. The number of rotatable bonds is 2. The third-order valence-electron chi connectivity index (χ3n) is 8.46. The monoisotopic (exact) mass is 499 g/mol. The van der Waals surface area contributed by atoms with Crippen LogP contribution in [0.5, 0.6) is 0 Å². The fourth-order valence-electron chi connectivity index (χ4n) is 6.50. The quantitative estimate of drug-likeness (QED) is 0.208. The molecule has 0 N–H and O–H groups in total. The van der Waals surface area contributed by atoms with Crippen LogP contribution in [-0.4, -0.2) is 4.57 Å². The summed E-state index contributed by atoms with van der Waals surface area (Å²) in [5.41, 5.74) is 7.68. The smallest absolute Gasteiger partial charge is 0.0547 e. The van der Waals surface area contributed by atoms with Crippen LogP contribution in [0.15, 0.2) is 121 Å². The summed E-state index contributed by atoms with van der Waals surface area (Å²) in [7, 11) is 0. The molecule has 0 unspecified atom stereocenters. The standard InChI is InChI=1S/C38H29N/c1-38(2,3)28-21-26-14-13-24-15-18-30(33-20-17-27(22-28)36(26)37(24)33)25-16-19-32-31-11-7-8-12-34(31)39(35(32)23-25)29-9-5-4-6-10-29/h4-23H,1-3H3. The Morgan fingerprint density at radius 2 is 1.13 bits per heavy atom. The van der Waals surface area contributed by atoms with Gasteiger partial charge in [0, 0.05) is 16.5 Å². The lowest BCUT2D eigenvalue weighted by molar-refractivity contribution is 0.591. The van der Waals surface area contributed by atoms with Gasteiger partial charge >= 0.3 is 0 Å². The van der Waals surface area contributed by atoms with Crippen molar-refractivity contribution in [2.45, 2.75) is 26.2 Å². The minimum Gasteiger partial charge on any atom is -0.309 e. The minimum absolute atomic E-state index is 0.113. The Balaban J connectivity index is 1.42. The topological polar surface area (TPSA) is 4.93 Å². The van der Waals surface area contributed by atoms with Gasteiger partial charge in [0.1, 0.15) is 0 Å². The molecule has 0 aliphatic heterocycles. The van der Waals surface area contributed by atoms with Crippen LogP contribution < -0.4 is 0 Å². The summed E-state index contributed by atoms with van der Waals surface area (Å²) in [5.74, 6) is 0. The first-order valence-electron chi connectivity index (χ1n) is 13.8. The number of hydrogen-bond donors (Lipinski definition) is 0. The van der Waals surface area contributed by atoms with Gasteiger partial charge in [-0.3, -0.25) is 0 Å². The van der Waals surface area contributed by atoms with Crippen LogP contribution in [0.3, 0.4) is 0 Å². The van der Waals surface area contributed by atoms with Crippen LogP contribution in [-0.2, 0) is 5.41 Å². The van der Waals surface area contributed by atoms with Crippen LogP contribution in [0.25, 0.3) is 70.9 Å². The maximum atomic E-state index is 2.40. The first-order valence-corrected chi connectivity index (χ1v) is 13.8. The molecule has 1 aromatic heterocycles. The fourth-order valence-corrected chi connectivity index (χ4v) is 6.50. The molecular weight excluding hydrogens is 470 g/mol. The minimum atomic E-state index is 0.113. The van der Waals surface area contributed by atoms with Crippen molar-refractivity contribution in [3.63, 3.8) is 0 Å². The summed E-state index contributed by atoms with van der Waals surface area (Å²) in [6.07, 6.45) is 0. The van der Waals surface area contributed by atoms with Crippen molar-refractivity contribution in [1.82, 2.24) is 4.57 Å². The van der Waals surface area contributed by atoms with Crippen molar-refractivity contribution in [3.05, 3.63) is 127 Å². The molecule has 0 atom stereocenters. The zero-order valence-electron chi connectivity index (χ0n) is 22.5. The van der Waals surface area contributed by atoms with Gasteiger partial charge in [0.25, 0.3) is 0 Å². The van der Waals surface area contributed by atoms with Gasteiger partial charge in [-0.1, -0.05) is 118 Å². The SMILES string of the molecule is CC(C)(C)c1cc2ccc3ccc(-c4ccc5c6ccccc6n(-c6ccccc6)c5c4)c4ccc(c1)c2c34. The van der Waals surface area contributed by atoms with Gasteiger partial charge in [-0.2, -0.15) is 0 Å². The largest absolute Gasteiger partial charge is 0.309 e. The highest BCUT2D eigenvalue weighted by molar-refractivity contribution is 6.26. The molecule has 0 saturated heterocycles. The Morgan fingerprint density at radius 3 is 1.92 bits per heavy atom. The molecule has 8 aromatic rings. The van der Waals surface area contributed by atoms with Crippen molar-refractivity contribution in [1.29, 1.82) is 0 Å². The van der Waals surface area contributed by atoms with Crippen LogP contribution in [0.1, 0.15) is 26.3 Å². The molecule has 0 saturated carbocycles. The summed E-state index contributed by atoms with van der Waals surface area (Å²) in [6, 6.07) is 45.0. The molecule has 0 radical (unpaired) electrons. The van der Waals surface area contributed by atoms with E-state index in [1.807, 2.05) is 0 Å². The highest BCUT2D eigenvalue weighted by atomic mass is 15.0. The van der Waals surface area contributed by atoms with E-state index >= 15 is 0 Å². The van der Waals surface area contributed by atoms with Gasteiger partial charge in [-0.15, -0.1) is 0 Å². The van der Waals surface area contributed by atoms with Crippen molar-refractivity contribution in [2.75, 3.05) is 0 Å². The fraction of sp³-hybridized carbons (Fsp3) is 0.105. The molecule has 0 spiro atoms. The van der Waals surface area contributed by atoms with Gasteiger partial charge in [0.05, 0.1) is 11.0 Å². The van der Waals surface area contributed by atoms with Crippen molar-refractivity contribution < 1.29 is 0 Å². The molecular formula is C38H29N. The van der Waals surface area contributed by atoms with E-state index < -0.39 is 0 Å². The molecule has 0 bridgehead atoms. The van der Waals surface area contributed by atoms with Crippen molar-refractivity contribution >= 4 is 54.1 Å². The van der Waals surface area contributed by atoms with Crippen LogP contribution >= 0.6 is 0 Å². The summed E-state index contributed by atoms with van der Waals surface area (Å²) >= 11 is 0. The summed E-state index contributed by atoms with van der Waals surface area (Å²) in [6.45, 7) is 6.88. The number of hydrogen-bond acceptors (Lipinski definition) is 0. The Hall–Kier alpha value is -4.62. The third kappa shape index (κ3) is 3.26. The van der Waals surface area contributed by atoms with E-state index in [9.17, 15) is 0 Å². The van der Waals surface area contributed by atoms with E-state index in [4.69, 9.17) is 0 Å². The van der Waals surface area contributed by atoms with E-state index in [1.165, 1.54) is 76.5 Å². The maximum absolute atomic E-state index is 2.40. The predicted octanol–water partition coefficient (Wildman–Crippen LogP) is 10.6. The molecule has 1 nitrogen and oxygen atoms in total. The average molecular weight is 500 g/mol. The first kappa shape index (κ1) is 22.4. The van der Waals surface area contributed by atoms with Gasteiger partial charge in [0.15, 0.2) is 0 Å². The molecule has 0 fully saturated rings. The lowest BCUT2D eigenvalue weighted by Gasteiger charge is -2.22. The first-order chi connectivity index (χ1) is 19.0. The molecule has 8 rings (SSSR count). The van der Waals surface area contributed by atoms with Crippen LogP contribution in [0, 0.1) is 0 Å². The third-order valence-corrected chi connectivity index (χ3v) is 8.46. The van der Waals surface area contributed by atoms with Gasteiger partial charge < -0.3 is 4.57 Å². The Labute approximate surface area is 228 Å². The number of benzene rings is 7. The van der Waals surface area contributed by atoms with Crippen LogP contribution in [0.2, 0.25) is 0 Å². The average Bonchev–Trinajstić information content (AvgIpc) is 3.29. The molecule has 1 heterocycles. The van der Waals surface area contributed by atoms with E-state index in [1.54, 1.807) is 0 Å². The van der Waals surface area contributed by atoms with Crippen molar-refractivity contribution in [3.8, 4) is 16.8 Å². The number of nitrogens with zero attached hydrogens (tertiary/aromatic N) is 1. The normalized spacial score (nSPS) is 12.5. The van der Waals surface area contributed by atoms with E-state index in [2.05, 4.69) is 147 Å². The van der Waals surface area contributed by atoms with Gasteiger partial charge in [-0.25, -0.2) is 0 Å². The van der Waals surface area contributed by atoms with E-state index in [-0.39, 0.29) is 5.41 Å². The Morgan fingerprint density at radius 1 is 0.487 bits per heavy atom. The second-order valence-electron chi connectivity index (χ2n) is 11.9. The second kappa shape index (κ2) is 7.94. The van der Waals surface area contributed by atoms with E-state index in [0.717, 1.165) is 0 Å². The lowest BCUT2D eigenvalue weighted by atomic mass is 9.83. The molecule has 186 valence electrons. The lowest BCUT2D eigenvalue weighted by Crippen LogP contribution is -2.10. The summed E-state index contributed by atoms with van der Waals surface area (Å²) in [5, 5.41) is 10.6. The number of fused-ring (bicyclic) bond motifs is 3. The summed E-state index contributed by atoms with van der Waals surface area (Å²) < 4.78 is 2.40. The zero-order valence-corrected chi connectivity index (χ0v) is 22.5. The highest BCUT2D eigenvalue weighted by Crippen LogP contribution is 2.42. The molecule has 7 aromatic carbocycles. The molecule has 1 heteroatoms. The van der Waals surface area contributed by atoms with E-state index in [0.29, 0.717) is 0 Å². The van der Waals surface area contributed by atoms with Crippen molar-refractivity contribution in [2.24, 2.45) is 0 Å². The second-order valence-corrected chi connectivity index (χ2v) is 11.9. The zero-order chi connectivity index (χ0) is 26.3.